The summed E-state index contributed by atoms with van der Waals surface area (Å²) in [5.74, 6) is 1.79. The second-order valence-electron chi connectivity index (χ2n) is 2.74. The first-order valence-electron chi connectivity index (χ1n) is 3.86. The molecule has 1 aromatic heterocycles. The van der Waals surface area contributed by atoms with Crippen LogP contribution in [0.1, 0.15) is 24.1 Å². The molecule has 12 heavy (non-hydrogen) atoms. The van der Waals surface area contributed by atoms with E-state index in [2.05, 4.69) is 10.1 Å². The van der Waals surface area contributed by atoms with Crippen molar-refractivity contribution in [2.75, 3.05) is 13.2 Å². The highest BCUT2D eigenvalue weighted by Crippen LogP contribution is 2.23. The van der Waals surface area contributed by atoms with Gasteiger partial charge in [-0.1, -0.05) is 5.16 Å². The Kier molecular flexibility index (Phi) is 2.28. The van der Waals surface area contributed by atoms with Crippen LogP contribution in [0.2, 0.25) is 0 Å². The summed E-state index contributed by atoms with van der Waals surface area (Å²) in [4.78, 5) is 4.12. The molecule has 1 fully saturated rings. The summed E-state index contributed by atoms with van der Waals surface area (Å²) in [5.41, 5.74) is 0. The number of nitrogens with zero attached hydrogens (tertiary/aromatic N) is 2. The maximum atomic E-state index is 5.53. The van der Waals surface area contributed by atoms with Crippen molar-refractivity contribution < 1.29 is 9.26 Å². The molecule has 4 nitrogen and oxygen atoms in total. The number of ether oxygens (including phenoxy) is 1. The maximum Gasteiger partial charge on any atom is 0.232 e. The summed E-state index contributed by atoms with van der Waals surface area (Å²) in [5, 5.41) is 3.71. The third-order valence-electron chi connectivity index (χ3n) is 1.88. The maximum absolute atomic E-state index is 5.53. The molecule has 1 saturated heterocycles. The van der Waals surface area contributed by atoms with Crippen molar-refractivity contribution in [3.63, 3.8) is 0 Å². The Balaban J connectivity index is 2.11. The van der Waals surface area contributed by atoms with E-state index in [1.807, 2.05) is 0 Å². The minimum atomic E-state index is 0.273. The van der Waals surface area contributed by atoms with Crippen LogP contribution in [0, 0.1) is 0 Å². The van der Waals surface area contributed by atoms with E-state index >= 15 is 0 Å². The minimum absolute atomic E-state index is 0.273. The quantitative estimate of drug-likeness (QED) is 0.657. The highest BCUT2D eigenvalue weighted by atomic mass is 35.5. The summed E-state index contributed by atoms with van der Waals surface area (Å²) in [6, 6.07) is 0. The van der Waals surface area contributed by atoms with Crippen molar-refractivity contribution in [3.8, 4) is 0 Å². The molecule has 0 amide bonds. The third-order valence-corrected chi connectivity index (χ3v) is 2.12. The van der Waals surface area contributed by atoms with Gasteiger partial charge in [0.25, 0.3) is 0 Å². The molecule has 0 aromatic carbocycles. The van der Waals surface area contributed by atoms with Gasteiger partial charge in [-0.3, -0.25) is 0 Å². The molecule has 5 heteroatoms. The van der Waals surface area contributed by atoms with Crippen LogP contribution in [0.5, 0.6) is 0 Å². The molecule has 0 radical (unpaired) electrons. The summed E-state index contributed by atoms with van der Waals surface area (Å²) in [7, 11) is 0. The Hall–Kier alpha value is -0.610. The van der Waals surface area contributed by atoms with E-state index in [-0.39, 0.29) is 5.92 Å². The van der Waals surface area contributed by atoms with Crippen LogP contribution in [-0.2, 0) is 10.6 Å². The highest BCUT2D eigenvalue weighted by molar-refractivity contribution is 6.16. The molecule has 1 unspecified atom stereocenters. The number of aromatic nitrogens is 2. The van der Waals surface area contributed by atoms with Crippen molar-refractivity contribution in [2.45, 2.75) is 18.2 Å². The van der Waals surface area contributed by atoms with Crippen LogP contribution < -0.4 is 0 Å². The Morgan fingerprint density at radius 1 is 1.58 bits per heavy atom. The fourth-order valence-corrected chi connectivity index (χ4v) is 1.33. The molecule has 66 valence electrons. The second-order valence-corrected chi connectivity index (χ2v) is 3.01. The van der Waals surface area contributed by atoms with Crippen LogP contribution in [-0.4, -0.2) is 23.4 Å². The number of hydrogen-bond acceptors (Lipinski definition) is 4. The van der Waals surface area contributed by atoms with Crippen LogP contribution in [0.4, 0.5) is 0 Å². The van der Waals surface area contributed by atoms with E-state index in [9.17, 15) is 0 Å². The lowest BCUT2D eigenvalue weighted by atomic mass is 10.1. The van der Waals surface area contributed by atoms with Gasteiger partial charge in [-0.15, -0.1) is 11.6 Å². The van der Waals surface area contributed by atoms with Gasteiger partial charge >= 0.3 is 0 Å². The largest absolute Gasteiger partial charge is 0.381 e. The topological polar surface area (TPSA) is 48.2 Å². The van der Waals surface area contributed by atoms with Crippen LogP contribution in [0.3, 0.4) is 0 Å². The first-order chi connectivity index (χ1) is 5.90. The normalized spacial score (nSPS) is 23.2. The fraction of sp³-hybridized carbons (Fsp3) is 0.714. The number of alkyl halides is 1. The lowest BCUT2D eigenvalue weighted by Gasteiger charge is -1.96. The zero-order valence-corrected chi connectivity index (χ0v) is 7.25. The van der Waals surface area contributed by atoms with E-state index < -0.39 is 0 Å². The molecule has 1 aliphatic heterocycles. The average Bonchev–Trinajstić information content (AvgIpc) is 2.75. The van der Waals surface area contributed by atoms with Crippen LogP contribution in [0.15, 0.2) is 4.52 Å². The summed E-state index contributed by atoms with van der Waals surface area (Å²) in [6.45, 7) is 1.47. The van der Waals surface area contributed by atoms with Crippen molar-refractivity contribution in [1.82, 2.24) is 10.1 Å². The molecule has 0 bridgehead atoms. The Bertz CT molecular complexity index is 258. The van der Waals surface area contributed by atoms with Gasteiger partial charge in [0.05, 0.1) is 18.4 Å². The van der Waals surface area contributed by atoms with Gasteiger partial charge in [0, 0.05) is 6.61 Å². The zero-order valence-electron chi connectivity index (χ0n) is 6.49. The monoisotopic (exact) mass is 188 g/mol. The molecule has 1 atom stereocenters. The van der Waals surface area contributed by atoms with Crippen molar-refractivity contribution in [3.05, 3.63) is 11.7 Å². The average molecular weight is 189 g/mol. The minimum Gasteiger partial charge on any atom is -0.381 e. The highest BCUT2D eigenvalue weighted by Gasteiger charge is 2.23. The summed E-state index contributed by atoms with van der Waals surface area (Å²) < 4.78 is 10.2. The molecule has 1 aromatic rings. The standard InChI is InChI=1S/C7H9ClN2O2/c8-3-6-9-7(12-10-6)5-1-2-11-4-5/h5H,1-4H2. The summed E-state index contributed by atoms with van der Waals surface area (Å²) in [6.07, 6.45) is 0.962. The molecular formula is C7H9ClN2O2. The predicted octanol–water partition coefficient (Wildman–Crippen LogP) is 1.31. The van der Waals surface area contributed by atoms with Crippen molar-refractivity contribution >= 4 is 11.6 Å². The van der Waals surface area contributed by atoms with Gasteiger partial charge in [-0.05, 0) is 6.42 Å². The molecule has 1 aliphatic rings. The molecule has 0 spiro atoms. The summed E-state index contributed by atoms with van der Waals surface area (Å²) >= 11 is 5.53. The fourth-order valence-electron chi connectivity index (χ4n) is 1.22. The van der Waals surface area contributed by atoms with Gasteiger partial charge in [0.1, 0.15) is 0 Å². The number of rotatable bonds is 2. The van der Waals surface area contributed by atoms with Gasteiger partial charge in [0.15, 0.2) is 5.82 Å². The molecule has 0 saturated carbocycles. The number of halogens is 1. The van der Waals surface area contributed by atoms with E-state index in [0.29, 0.717) is 24.2 Å². The lowest BCUT2D eigenvalue weighted by molar-refractivity contribution is 0.189. The molecule has 2 rings (SSSR count). The van der Waals surface area contributed by atoms with E-state index in [1.54, 1.807) is 0 Å². The van der Waals surface area contributed by atoms with Gasteiger partial charge < -0.3 is 9.26 Å². The van der Waals surface area contributed by atoms with Crippen molar-refractivity contribution in [2.24, 2.45) is 0 Å². The molecule has 0 N–H and O–H groups in total. The van der Waals surface area contributed by atoms with Crippen molar-refractivity contribution in [1.29, 1.82) is 0 Å². The molecule has 2 heterocycles. The zero-order chi connectivity index (χ0) is 8.39. The smallest absolute Gasteiger partial charge is 0.232 e. The van der Waals surface area contributed by atoms with Crippen LogP contribution in [0.25, 0.3) is 0 Å². The third kappa shape index (κ3) is 1.44. The predicted molar refractivity (Wildman–Crippen MR) is 42.0 cm³/mol. The SMILES string of the molecule is ClCc1noc(C2CCOC2)n1. The van der Waals surface area contributed by atoms with E-state index in [4.69, 9.17) is 20.9 Å². The Morgan fingerprint density at radius 2 is 2.50 bits per heavy atom. The molecular weight excluding hydrogens is 180 g/mol. The van der Waals surface area contributed by atoms with Gasteiger partial charge in [-0.2, -0.15) is 4.98 Å². The van der Waals surface area contributed by atoms with Gasteiger partial charge in [-0.25, -0.2) is 0 Å². The second kappa shape index (κ2) is 3.41. The first kappa shape index (κ1) is 8.01. The van der Waals surface area contributed by atoms with Gasteiger partial charge in [0.2, 0.25) is 5.89 Å². The van der Waals surface area contributed by atoms with E-state index in [1.165, 1.54) is 0 Å². The van der Waals surface area contributed by atoms with Crippen LogP contribution >= 0.6 is 11.6 Å². The lowest BCUT2D eigenvalue weighted by Crippen LogP contribution is -1.97. The Morgan fingerprint density at radius 3 is 3.08 bits per heavy atom. The number of hydrogen-bond donors (Lipinski definition) is 0. The van der Waals surface area contributed by atoms with E-state index in [0.717, 1.165) is 13.0 Å². The Labute approximate surface area is 74.9 Å². The molecule has 0 aliphatic carbocycles. The first-order valence-corrected chi connectivity index (χ1v) is 4.40.